The highest BCUT2D eigenvalue weighted by molar-refractivity contribution is 14.1. The number of rotatable bonds is 5. The molecule has 2 rings (SSSR count). The van der Waals surface area contributed by atoms with E-state index in [4.69, 9.17) is 0 Å². The molecule has 1 aromatic carbocycles. The van der Waals surface area contributed by atoms with E-state index in [1.807, 2.05) is 19.2 Å². The maximum Gasteiger partial charge on any atom is 0.279 e. The third kappa shape index (κ3) is 3.90. The van der Waals surface area contributed by atoms with Crippen LogP contribution in [-0.4, -0.2) is 20.4 Å². The standard InChI is InChI=1S/C13H14IN3O2S/c1-15-8-10-2-7-13(16-9-10)20(18,19)17-12-5-3-11(14)4-6-12/h2-7,9,15,17H,8H2,1H3. The van der Waals surface area contributed by atoms with Crippen LogP contribution in [-0.2, 0) is 16.6 Å². The van der Waals surface area contributed by atoms with Gasteiger partial charge in [0.25, 0.3) is 10.0 Å². The second-order valence-corrected chi connectivity index (χ2v) is 7.02. The fraction of sp³-hybridized carbons (Fsp3) is 0.154. The van der Waals surface area contributed by atoms with E-state index in [1.54, 1.807) is 24.4 Å². The summed E-state index contributed by atoms with van der Waals surface area (Å²) in [5.74, 6) is 0. The molecule has 5 nitrogen and oxygen atoms in total. The molecule has 2 N–H and O–H groups in total. The minimum absolute atomic E-state index is 0.0101. The number of pyridine rings is 1. The molecule has 0 bridgehead atoms. The Balaban J connectivity index is 2.19. The van der Waals surface area contributed by atoms with E-state index >= 15 is 0 Å². The summed E-state index contributed by atoms with van der Waals surface area (Å²) in [6, 6.07) is 10.3. The molecule has 0 saturated carbocycles. The van der Waals surface area contributed by atoms with E-state index in [0.29, 0.717) is 12.2 Å². The maximum absolute atomic E-state index is 12.2. The summed E-state index contributed by atoms with van der Waals surface area (Å²) in [5.41, 5.74) is 1.45. The van der Waals surface area contributed by atoms with Crippen LogP contribution >= 0.6 is 22.6 Å². The predicted molar refractivity (Wildman–Crippen MR) is 87.0 cm³/mol. The van der Waals surface area contributed by atoms with Crippen molar-refractivity contribution in [2.24, 2.45) is 0 Å². The molecule has 20 heavy (non-hydrogen) atoms. The quantitative estimate of drug-likeness (QED) is 0.752. The third-order valence-corrected chi connectivity index (χ3v) is 4.57. The van der Waals surface area contributed by atoms with Gasteiger partial charge in [-0.15, -0.1) is 0 Å². The van der Waals surface area contributed by atoms with Gasteiger partial charge in [-0.25, -0.2) is 4.98 Å². The van der Waals surface area contributed by atoms with Gasteiger partial charge in [-0.05, 0) is 65.5 Å². The normalized spacial score (nSPS) is 11.3. The summed E-state index contributed by atoms with van der Waals surface area (Å²) in [5, 5.41) is 2.99. The van der Waals surface area contributed by atoms with Crippen LogP contribution < -0.4 is 10.0 Å². The van der Waals surface area contributed by atoms with Crippen molar-refractivity contribution in [3.05, 3.63) is 51.7 Å². The largest absolute Gasteiger partial charge is 0.316 e. The molecule has 0 unspecified atom stereocenters. The van der Waals surface area contributed by atoms with Gasteiger partial charge < -0.3 is 5.32 Å². The summed E-state index contributed by atoms with van der Waals surface area (Å²) in [6.07, 6.45) is 1.55. The van der Waals surface area contributed by atoms with Crippen LogP contribution in [0.15, 0.2) is 47.6 Å². The molecule has 1 aromatic heterocycles. The Morgan fingerprint density at radius 2 is 1.85 bits per heavy atom. The summed E-state index contributed by atoms with van der Waals surface area (Å²) < 4.78 is 27.9. The Kier molecular flexibility index (Phi) is 4.95. The van der Waals surface area contributed by atoms with Crippen molar-refractivity contribution >= 4 is 38.3 Å². The lowest BCUT2D eigenvalue weighted by atomic mass is 10.3. The molecule has 0 radical (unpaired) electrons. The van der Waals surface area contributed by atoms with Crippen LogP contribution in [0.25, 0.3) is 0 Å². The highest BCUT2D eigenvalue weighted by Crippen LogP contribution is 2.16. The lowest BCUT2D eigenvalue weighted by Crippen LogP contribution is -2.15. The minimum Gasteiger partial charge on any atom is -0.316 e. The number of hydrogen-bond acceptors (Lipinski definition) is 4. The summed E-state index contributed by atoms with van der Waals surface area (Å²) >= 11 is 2.16. The zero-order valence-electron chi connectivity index (χ0n) is 10.8. The topological polar surface area (TPSA) is 71.1 Å². The first kappa shape index (κ1) is 15.2. The lowest BCUT2D eigenvalue weighted by Gasteiger charge is -2.08. The van der Waals surface area contributed by atoms with E-state index in [2.05, 4.69) is 37.6 Å². The molecule has 0 aliphatic heterocycles. The third-order valence-electron chi connectivity index (χ3n) is 2.55. The first-order valence-corrected chi connectivity index (χ1v) is 8.45. The molecule has 2 aromatic rings. The van der Waals surface area contributed by atoms with Crippen LogP contribution in [0.2, 0.25) is 0 Å². The van der Waals surface area contributed by atoms with Crippen LogP contribution in [0.5, 0.6) is 0 Å². The first-order valence-electron chi connectivity index (χ1n) is 5.89. The number of aromatic nitrogens is 1. The monoisotopic (exact) mass is 403 g/mol. The van der Waals surface area contributed by atoms with Crippen LogP contribution in [0.3, 0.4) is 0 Å². The van der Waals surface area contributed by atoms with E-state index in [-0.39, 0.29) is 5.03 Å². The number of halogens is 1. The Morgan fingerprint density at radius 1 is 1.15 bits per heavy atom. The Hall–Kier alpha value is -1.19. The average molecular weight is 403 g/mol. The van der Waals surface area contributed by atoms with Crippen molar-refractivity contribution in [2.45, 2.75) is 11.6 Å². The molecule has 0 saturated heterocycles. The number of hydrogen-bond donors (Lipinski definition) is 2. The lowest BCUT2D eigenvalue weighted by molar-refractivity contribution is 0.597. The second kappa shape index (κ2) is 6.51. The Labute approximate surface area is 132 Å². The molecule has 0 amide bonds. The highest BCUT2D eigenvalue weighted by Gasteiger charge is 2.15. The van der Waals surface area contributed by atoms with Crippen molar-refractivity contribution in [3.63, 3.8) is 0 Å². The molecule has 0 aliphatic rings. The zero-order chi connectivity index (χ0) is 14.6. The number of sulfonamides is 1. The fourth-order valence-electron chi connectivity index (χ4n) is 1.60. The summed E-state index contributed by atoms with van der Waals surface area (Å²) in [6.45, 7) is 0.651. The van der Waals surface area contributed by atoms with Gasteiger partial charge >= 0.3 is 0 Å². The van der Waals surface area contributed by atoms with Gasteiger partial charge in [0.05, 0.1) is 0 Å². The molecule has 1 heterocycles. The molecular formula is C13H14IN3O2S. The summed E-state index contributed by atoms with van der Waals surface area (Å²) in [7, 11) is -1.82. The number of benzene rings is 1. The van der Waals surface area contributed by atoms with Gasteiger partial charge in [0, 0.05) is 22.0 Å². The van der Waals surface area contributed by atoms with Gasteiger partial charge in [-0.3, -0.25) is 4.72 Å². The average Bonchev–Trinajstić information content (AvgIpc) is 2.42. The summed E-state index contributed by atoms with van der Waals surface area (Å²) in [4.78, 5) is 3.99. The van der Waals surface area contributed by atoms with Gasteiger partial charge in [-0.2, -0.15) is 8.42 Å². The molecule has 0 fully saturated rings. The van der Waals surface area contributed by atoms with E-state index in [9.17, 15) is 8.42 Å². The van der Waals surface area contributed by atoms with E-state index in [0.717, 1.165) is 9.13 Å². The molecule has 106 valence electrons. The molecule has 0 spiro atoms. The molecular weight excluding hydrogens is 389 g/mol. The van der Waals surface area contributed by atoms with Crippen molar-refractivity contribution in [1.82, 2.24) is 10.3 Å². The van der Waals surface area contributed by atoms with Gasteiger partial charge in [-0.1, -0.05) is 6.07 Å². The Bertz CT molecular complexity index is 670. The number of nitrogens with zero attached hydrogens (tertiary/aromatic N) is 1. The Morgan fingerprint density at radius 3 is 2.40 bits per heavy atom. The SMILES string of the molecule is CNCc1ccc(S(=O)(=O)Nc2ccc(I)cc2)nc1. The van der Waals surface area contributed by atoms with Crippen LogP contribution in [0.1, 0.15) is 5.56 Å². The molecule has 0 aliphatic carbocycles. The van der Waals surface area contributed by atoms with Crippen LogP contribution in [0, 0.1) is 3.57 Å². The van der Waals surface area contributed by atoms with Crippen LogP contribution in [0.4, 0.5) is 5.69 Å². The molecule has 7 heteroatoms. The van der Waals surface area contributed by atoms with Crippen molar-refractivity contribution in [1.29, 1.82) is 0 Å². The van der Waals surface area contributed by atoms with Crippen molar-refractivity contribution < 1.29 is 8.42 Å². The van der Waals surface area contributed by atoms with Gasteiger partial charge in [0.15, 0.2) is 5.03 Å². The second-order valence-electron chi connectivity index (χ2n) is 4.15. The first-order chi connectivity index (χ1) is 9.51. The smallest absolute Gasteiger partial charge is 0.279 e. The maximum atomic E-state index is 12.2. The van der Waals surface area contributed by atoms with Crippen molar-refractivity contribution in [3.8, 4) is 0 Å². The number of anilines is 1. The minimum atomic E-state index is -3.64. The predicted octanol–water partition coefficient (Wildman–Crippen LogP) is 2.21. The van der Waals surface area contributed by atoms with E-state index in [1.165, 1.54) is 6.07 Å². The fourth-order valence-corrected chi connectivity index (χ4v) is 2.95. The van der Waals surface area contributed by atoms with Crippen molar-refractivity contribution in [2.75, 3.05) is 11.8 Å². The van der Waals surface area contributed by atoms with Gasteiger partial charge in [0.2, 0.25) is 0 Å². The number of nitrogens with one attached hydrogen (secondary N) is 2. The zero-order valence-corrected chi connectivity index (χ0v) is 13.8. The van der Waals surface area contributed by atoms with Gasteiger partial charge in [0.1, 0.15) is 0 Å². The molecule has 0 atom stereocenters. The highest BCUT2D eigenvalue weighted by atomic mass is 127. The van der Waals surface area contributed by atoms with E-state index < -0.39 is 10.0 Å².